The second kappa shape index (κ2) is 4.71. The van der Waals surface area contributed by atoms with E-state index in [0.717, 1.165) is 13.0 Å². The minimum absolute atomic E-state index is 0.222. The van der Waals surface area contributed by atoms with Crippen molar-refractivity contribution in [2.75, 3.05) is 0 Å². The van der Waals surface area contributed by atoms with Gasteiger partial charge in [0, 0.05) is 29.7 Å². The lowest BCUT2D eigenvalue weighted by Gasteiger charge is -2.08. The zero-order chi connectivity index (χ0) is 11.5. The van der Waals surface area contributed by atoms with Crippen LogP contribution >= 0.6 is 0 Å². The van der Waals surface area contributed by atoms with Gasteiger partial charge >= 0.3 is 0 Å². The highest BCUT2D eigenvalue weighted by Crippen LogP contribution is 2.21. The molecule has 0 saturated heterocycles. The van der Waals surface area contributed by atoms with Gasteiger partial charge in [-0.3, -0.25) is 0 Å². The molecule has 1 aromatic carbocycles. The maximum Gasteiger partial charge on any atom is 0.0483 e. The lowest BCUT2D eigenvalue weighted by molar-refractivity contribution is 0.703. The first-order valence-electron chi connectivity index (χ1n) is 6.04. The molecule has 0 radical (unpaired) electrons. The molecule has 1 unspecified atom stereocenters. The lowest BCUT2D eigenvalue weighted by Crippen LogP contribution is -2.17. The van der Waals surface area contributed by atoms with Gasteiger partial charge in [0.2, 0.25) is 0 Å². The third-order valence-electron chi connectivity index (χ3n) is 2.91. The summed E-state index contributed by atoms with van der Waals surface area (Å²) in [6.45, 7) is 5.35. The Morgan fingerprint density at radius 2 is 2.12 bits per heavy atom. The van der Waals surface area contributed by atoms with Crippen LogP contribution in [0.25, 0.3) is 10.9 Å². The number of nitrogens with two attached hydrogens (primary N) is 1. The molecule has 2 rings (SSSR count). The van der Waals surface area contributed by atoms with E-state index >= 15 is 0 Å². The van der Waals surface area contributed by atoms with Crippen LogP contribution in [-0.2, 0) is 13.0 Å². The second-order valence-corrected chi connectivity index (χ2v) is 4.54. The first-order chi connectivity index (χ1) is 7.72. The average Bonchev–Trinajstić information content (AvgIpc) is 2.63. The molecule has 2 heteroatoms. The fraction of sp³-hybridized carbons (Fsp3) is 0.429. The third-order valence-corrected chi connectivity index (χ3v) is 2.91. The molecule has 0 saturated carbocycles. The highest BCUT2D eigenvalue weighted by molar-refractivity contribution is 5.83. The van der Waals surface area contributed by atoms with Gasteiger partial charge in [0.25, 0.3) is 0 Å². The van der Waals surface area contributed by atoms with Gasteiger partial charge in [-0.2, -0.15) is 0 Å². The zero-order valence-electron chi connectivity index (χ0n) is 10.1. The Morgan fingerprint density at radius 1 is 1.31 bits per heavy atom. The van der Waals surface area contributed by atoms with Crippen LogP contribution in [0.3, 0.4) is 0 Å². The Hall–Kier alpha value is -1.28. The predicted octanol–water partition coefficient (Wildman–Crippen LogP) is 2.94. The molecule has 2 nitrogen and oxygen atoms in total. The van der Waals surface area contributed by atoms with Crippen molar-refractivity contribution < 1.29 is 0 Å². The molecule has 0 fully saturated rings. The van der Waals surface area contributed by atoms with E-state index in [1.54, 1.807) is 0 Å². The summed E-state index contributed by atoms with van der Waals surface area (Å²) in [5.74, 6) is 0. The molecule has 0 aliphatic carbocycles. The molecule has 2 N–H and O–H groups in total. The van der Waals surface area contributed by atoms with Crippen LogP contribution in [0.15, 0.2) is 30.5 Å². The molecule has 86 valence electrons. The van der Waals surface area contributed by atoms with Crippen LogP contribution in [0.5, 0.6) is 0 Å². The van der Waals surface area contributed by atoms with Crippen LogP contribution < -0.4 is 5.73 Å². The molecule has 1 atom stereocenters. The van der Waals surface area contributed by atoms with E-state index in [2.05, 4.69) is 48.9 Å². The van der Waals surface area contributed by atoms with E-state index in [0.29, 0.717) is 0 Å². The Labute approximate surface area is 97.1 Å². The van der Waals surface area contributed by atoms with Gasteiger partial charge in [0.05, 0.1) is 0 Å². The van der Waals surface area contributed by atoms with E-state index in [9.17, 15) is 0 Å². The molecule has 0 bridgehead atoms. The predicted molar refractivity (Wildman–Crippen MR) is 69.6 cm³/mol. The Bertz CT molecular complexity index is 469. The minimum Gasteiger partial charge on any atom is -0.347 e. The van der Waals surface area contributed by atoms with Crippen molar-refractivity contribution in [3.63, 3.8) is 0 Å². The van der Waals surface area contributed by atoms with E-state index in [1.807, 2.05) is 0 Å². The van der Waals surface area contributed by atoms with Crippen LogP contribution in [0.1, 0.15) is 25.8 Å². The largest absolute Gasteiger partial charge is 0.347 e. The zero-order valence-corrected chi connectivity index (χ0v) is 10.1. The fourth-order valence-electron chi connectivity index (χ4n) is 2.25. The molecule has 0 spiro atoms. The van der Waals surface area contributed by atoms with E-state index in [4.69, 9.17) is 5.73 Å². The number of rotatable bonds is 4. The number of nitrogens with zero attached hydrogens (tertiary/aromatic N) is 1. The number of fused-ring (bicyclic) bond motifs is 1. The summed E-state index contributed by atoms with van der Waals surface area (Å²) in [5, 5.41) is 1.35. The van der Waals surface area contributed by atoms with Gasteiger partial charge in [-0.05, 0) is 37.5 Å². The van der Waals surface area contributed by atoms with Crippen molar-refractivity contribution in [3.8, 4) is 0 Å². The van der Waals surface area contributed by atoms with Gasteiger partial charge in [0.1, 0.15) is 0 Å². The first-order valence-corrected chi connectivity index (χ1v) is 6.04. The summed E-state index contributed by atoms with van der Waals surface area (Å²) in [7, 11) is 0. The normalized spacial score (nSPS) is 13.2. The van der Waals surface area contributed by atoms with Crippen LogP contribution in [0, 0.1) is 0 Å². The average molecular weight is 216 g/mol. The van der Waals surface area contributed by atoms with Gasteiger partial charge in [0.15, 0.2) is 0 Å². The summed E-state index contributed by atoms with van der Waals surface area (Å²) in [6, 6.07) is 8.94. The van der Waals surface area contributed by atoms with E-state index in [1.165, 1.54) is 22.9 Å². The molecular weight excluding hydrogens is 196 g/mol. The quantitative estimate of drug-likeness (QED) is 0.837. The molecule has 0 amide bonds. The van der Waals surface area contributed by atoms with E-state index < -0.39 is 0 Å². The summed E-state index contributed by atoms with van der Waals surface area (Å²) < 4.78 is 2.32. The smallest absolute Gasteiger partial charge is 0.0483 e. The van der Waals surface area contributed by atoms with Crippen molar-refractivity contribution in [1.82, 2.24) is 4.57 Å². The molecule has 1 heterocycles. The van der Waals surface area contributed by atoms with Gasteiger partial charge in [-0.25, -0.2) is 0 Å². The maximum atomic E-state index is 5.87. The number of aromatic nitrogens is 1. The fourth-order valence-corrected chi connectivity index (χ4v) is 2.25. The monoisotopic (exact) mass is 216 g/mol. The number of benzene rings is 1. The molecule has 2 aromatic rings. The maximum absolute atomic E-state index is 5.87. The highest BCUT2D eigenvalue weighted by atomic mass is 14.9. The summed E-state index contributed by atoms with van der Waals surface area (Å²) in [4.78, 5) is 0. The molecule has 1 aromatic heterocycles. The standard InChI is InChI=1S/C14H20N2/c1-3-8-16-9-7-13-12(10-11(2)15)5-4-6-14(13)16/h4-7,9,11H,3,8,10,15H2,1-2H3. The Balaban J connectivity index is 2.44. The molecule has 0 aliphatic rings. The summed E-state index contributed by atoms with van der Waals surface area (Å²) in [6.07, 6.45) is 4.30. The first kappa shape index (κ1) is 11.2. The minimum atomic E-state index is 0.222. The highest BCUT2D eigenvalue weighted by Gasteiger charge is 2.06. The van der Waals surface area contributed by atoms with Crippen molar-refractivity contribution in [2.24, 2.45) is 5.73 Å². The van der Waals surface area contributed by atoms with Crippen LogP contribution in [0.4, 0.5) is 0 Å². The molecular formula is C14H20N2. The Morgan fingerprint density at radius 3 is 2.81 bits per heavy atom. The van der Waals surface area contributed by atoms with Crippen molar-refractivity contribution in [2.45, 2.75) is 39.3 Å². The van der Waals surface area contributed by atoms with Crippen LogP contribution in [0.2, 0.25) is 0 Å². The van der Waals surface area contributed by atoms with Gasteiger partial charge in [-0.1, -0.05) is 19.1 Å². The van der Waals surface area contributed by atoms with Crippen LogP contribution in [-0.4, -0.2) is 10.6 Å². The van der Waals surface area contributed by atoms with Gasteiger partial charge in [-0.15, -0.1) is 0 Å². The summed E-state index contributed by atoms with van der Waals surface area (Å²) >= 11 is 0. The SMILES string of the molecule is CCCn1ccc2c(CC(C)N)cccc21. The second-order valence-electron chi connectivity index (χ2n) is 4.54. The third kappa shape index (κ3) is 2.12. The van der Waals surface area contributed by atoms with Crippen molar-refractivity contribution >= 4 is 10.9 Å². The summed E-state index contributed by atoms with van der Waals surface area (Å²) in [5.41, 5.74) is 8.57. The van der Waals surface area contributed by atoms with Crippen molar-refractivity contribution in [1.29, 1.82) is 0 Å². The van der Waals surface area contributed by atoms with E-state index in [-0.39, 0.29) is 6.04 Å². The number of hydrogen-bond donors (Lipinski definition) is 1. The molecule has 0 aliphatic heterocycles. The molecule has 16 heavy (non-hydrogen) atoms. The van der Waals surface area contributed by atoms with Crippen molar-refractivity contribution in [3.05, 3.63) is 36.0 Å². The number of aryl methyl sites for hydroxylation is 1. The lowest BCUT2D eigenvalue weighted by atomic mass is 10.0. The Kier molecular flexibility index (Phi) is 3.30. The number of hydrogen-bond acceptors (Lipinski definition) is 1. The van der Waals surface area contributed by atoms with Gasteiger partial charge < -0.3 is 10.3 Å². The topological polar surface area (TPSA) is 30.9 Å².